The smallest absolute Gasteiger partial charge is 0.307 e. The molecule has 0 radical (unpaired) electrons. The van der Waals surface area contributed by atoms with Gasteiger partial charge in [0.05, 0.1) is 18.6 Å². The molecule has 0 aliphatic rings. The van der Waals surface area contributed by atoms with Crippen LogP contribution in [0.3, 0.4) is 0 Å². The third kappa shape index (κ3) is 3.62. The number of benzene rings is 1. The number of hydrogen-bond acceptors (Lipinski definition) is 3. The second kappa shape index (κ2) is 5.61. The topological polar surface area (TPSA) is 55.8 Å². The molecular formula is C11H13ClO4. The van der Waals surface area contributed by atoms with E-state index in [9.17, 15) is 4.79 Å². The highest BCUT2D eigenvalue weighted by Gasteiger charge is 2.10. The van der Waals surface area contributed by atoms with Crippen molar-refractivity contribution in [2.75, 3.05) is 7.11 Å². The van der Waals surface area contributed by atoms with Crippen LogP contribution in [0.15, 0.2) is 18.2 Å². The number of carboxylic acids is 1. The Morgan fingerprint density at radius 1 is 1.56 bits per heavy atom. The number of hydrogen-bond donors (Lipinski definition) is 1. The molecule has 0 saturated carbocycles. The molecule has 1 rings (SSSR count). The first-order chi connectivity index (χ1) is 7.52. The predicted molar refractivity (Wildman–Crippen MR) is 60.3 cm³/mol. The number of carbonyl (C=O) groups is 1. The van der Waals surface area contributed by atoms with E-state index in [4.69, 9.17) is 26.2 Å². The second-order valence-electron chi connectivity index (χ2n) is 3.32. The van der Waals surface area contributed by atoms with Crippen LogP contribution in [0.5, 0.6) is 11.5 Å². The molecule has 0 bridgehead atoms. The van der Waals surface area contributed by atoms with E-state index in [0.29, 0.717) is 16.5 Å². The van der Waals surface area contributed by atoms with Gasteiger partial charge in [-0.25, -0.2) is 0 Å². The maximum absolute atomic E-state index is 10.5. The first-order valence-electron chi connectivity index (χ1n) is 4.75. The summed E-state index contributed by atoms with van der Waals surface area (Å²) in [4.78, 5) is 10.5. The molecule has 1 aromatic carbocycles. The van der Waals surface area contributed by atoms with Crippen molar-refractivity contribution >= 4 is 17.6 Å². The van der Waals surface area contributed by atoms with Crippen LogP contribution in [0.25, 0.3) is 0 Å². The molecule has 5 heteroatoms. The lowest BCUT2D eigenvalue weighted by molar-refractivity contribution is -0.138. The van der Waals surface area contributed by atoms with Crippen molar-refractivity contribution in [1.82, 2.24) is 0 Å². The summed E-state index contributed by atoms with van der Waals surface area (Å²) in [6.07, 6.45) is -0.450. The average Bonchev–Trinajstić information content (AvgIpc) is 2.19. The van der Waals surface area contributed by atoms with Crippen molar-refractivity contribution < 1.29 is 19.4 Å². The molecule has 0 spiro atoms. The summed E-state index contributed by atoms with van der Waals surface area (Å²) in [6.45, 7) is 1.69. The van der Waals surface area contributed by atoms with Gasteiger partial charge in [-0.2, -0.15) is 0 Å². The normalized spacial score (nSPS) is 11.9. The van der Waals surface area contributed by atoms with Crippen LogP contribution in [-0.2, 0) is 4.79 Å². The number of ether oxygens (including phenoxy) is 2. The molecule has 88 valence electrons. The van der Waals surface area contributed by atoms with E-state index >= 15 is 0 Å². The van der Waals surface area contributed by atoms with Gasteiger partial charge in [0.2, 0.25) is 0 Å². The lowest BCUT2D eigenvalue weighted by atomic mass is 10.2. The zero-order chi connectivity index (χ0) is 12.1. The van der Waals surface area contributed by atoms with E-state index in [1.165, 1.54) is 7.11 Å². The highest BCUT2D eigenvalue weighted by atomic mass is 35.5. The van der Waals surface area contributed by atoms with Crippen LogP contribution in [0.4, 0.5) is 0 Å². The van der Waals surface area contributed by atoms with E-state index < -0.39 is 12.1 Å². The van der Waals surface area contributed by atoms with Gasteiger partial charge in [-0.3, -0.25) is 4.79 Å². The van der Waals surface area contributed by atoms with Gasteiger partial charge in [-0.15, -0.1) is 0 Å². The highest BCUT2D eigenvalue weighted by Crippen LogP contribution is 2.29. The van der Waals surface area contributed by atoms with Gasteiger partial charge in [-0.05, 0) is 19.1 Å². The molecule has 16 heavy (non-hydrogen) atoms. The minimum atomic E-state index is -0.895. The van der Waals surface area contributed by atoms with Crippen molar-refractivity contribution in [2.24, 2.45) is 0 Å². The first kappa shape index (κ1) is 12.6. The van der Waals surface area contributed by atoms with E-state index in [-0.39, 0.29) is 6.42 Å². The minimum Gasteiger partial charge on any atom is -0.495 e. The fourth-order valence-electron chi connectivity index (χ4n) is 1.23. The summed E-state index contributed by atoms with van der Waals surface area (Å²) >= 11 is 5.84. The summed E-state index contributed by atoms with van der Waals surface area (Å²) in [5.74, 6) is 0.144. The van der Waals surface area contributed by atoms with Gasteiger partial charge in [0.1, 0.15) is 17.6 Å². The Balaban J connectivity index is 2.70. The van der Waals surface area contributed by atoms with Crippen molar-refractivity contribution in [2.45, 2.75) is 19.4 Å². The number of carboxylic acid groups (broad SMARTS) is 1. The van der Waals surface area contributed by atoms with Crippen molar-refractivity contribution in [1.29, 1.82) is 0 Å². The molecule has 0 amide bonds. The van der Waals surface area contributed by atoms with Crippen molar-refractivity contribution in [3.05, 3.63) is 23.2 Å². The quantitative estimate of drug-likeness (QED) is 0.865. The van der Waals surface area contributed by atoms with E-state index in [2.05, 4.69) is 0 Å². The van der Waals surface area contributed by atoms with Crippen molar-refractivity contribution in [3.8, 4) is 11.5 Å². The number of halogens is 1. The summed E-state index contributed by atoms with van der Waals surface area (Å²) in [5, 5.41) is 9.07. The fourth-order valence-corrected chi connectivity index (χ4v) is 1.43. The molecule has 0 saturated heterocycles. The molecule has 0 heterocycles. The minimum absolute atomic E-state index is 0.0507. The average molecular weight is 245 g/mol. The molecule has 4 nitrogen and oxygen atoms in total. The van der Waals surface area contributed by atoms with E-state index in [1.54, 1.807) is 25.1 Å². The van der Waals surface area contributed by atoms with Crippen molar-refractivity contribution in [3.63, 3.8) is 0 Å². The Labute approximate surface area is 98.7 Å². The summed E-state index contributed by atoms with van der Waals surface area (Å²) in [7, 11) is 1.51. The Morgan fingerprint density at radius 3 is 2.81 bits per heavy atom. The molecule has 1 N–H and O–H groups in total. The number of rotatable bonds is 5. The molecule has 1 unspecified atom stereocenters. The van der Waals surface area contributed by atoms with Crippen LogP contribution in [0.1, 0.15) is 13.3 Å². The summed E-state index contributed by atoms with van der Waals surface area (Å²) in [5.41, 5.74) is 0. The Bertz CT molecular complexity index is 378. The Kier molecular flexibility index (Phi) is 4.43. The summed E-state index contributed by atoms with van der Waals surface area (Å²) < 4.78 is 10.4. The van der Waals surface area contributed by atoms with Gasteiger partial charge < -0.3 is 14.6 Å². The zero-order valence-corrected chi connectivity index (χ0v) is 9.82. The molecule has 0 aromatic heterocycles. The SMILES string of the molecule is COc1cc(OC(C)CC(=O)O)ccc1Cl. The second-order valence-corrected chi connectivity index (χ2v) is 3.73. The Morgan fingerprint density at radius 2 is 2.25 bits per heavy atom. The molecular weight excluding hydrogens is 232 g/mol. The van der Waals surface area contributed by atoms with Gasteiger partial charge in [0, 0.05) is 6.07 Å². The third-order valence-electron chi connectivity index (χ3n) is 1.92. The molecule has 1 aromatic rings. The van der Waals surface area contributed by atoms with E-state index in [0.717, 1.165) is 0 Å². The van der Waals surface area contributed by atoms with Gasteiger partial charge >= 0.3 is 5.97 Å². The maximum Gasteiger partial charge on any atom is 0.307 e. The van der Waals surface area contributed by atoms with Crippen LogP contribution in [-0.4, -0.2) is 24.3 Å². The first-order valence-corrected chi connectivity index (χ1v) is 5.12. The maximum atomic E-state index is 10.5. The highest BCUT2D eigenvalue weighted by molar-refractivity contribution is 6.32. The van der Waals surface area contributed by atoms with Gasteiger partial charge in [-0.1, -0.05) is 11.6 Å². The molecule has 0 fully saturated rings. The van der Waals surface area contributed by atoms with Crippen LogP contribution < -0.4 is 9.47 Å². The molecule has 0 aliphatic heterocycles. The predicted octanol–water partition coefficient (Wildman–Crippen LogP) is 2.59. The number of aliphatic carboxylic acids is 1. The number of methoxy groups -OCH3 is 1. The third-order valence-corrected chi connectivity index (χ3v) is 2.23. The fraction of sp³-hybridized carbons (Fsp3) is 0.364. The van der Waals surface area contributed by atoms with Gasteiger partial charge in [0.25, 0.3) is 0 Å². The monoisotopic (exact) mass is 244 g/mol. The lowest BCUT2D eigenvalue weighted by Gasteiger charge is -2.13. The standard InChI is InChI=1S/C11H13ClO4/c1-7(5-11(13)14)16-8-3-4-9(12)10(6-8)15-2/h3-4,6-7H,5H2,1-2H3,(H,13,14). The molecule has 0 aliphatic carbocycles. The van der Waals surface area contributed by atoms with Crippen LogP contribution in [0.2, 0.25) is 5.02 Å². The summed E-state index contributed by atoms with van der Waals surface area (Å²) in [6, 6.07) is 4.94. The van der Waals surface area contributed by atoms with Gasteiger partial charge in [0.15, 0.2) is 0 Å². The largest absolute Gasteiger partial charge is 0.495 e. The van der Waals surface area contributed by atoms with Crippen LogP contribution >= 0.6 is 11.6 Å². The Hall–Kier alpha value is -1.42. The molecule has 1 atom stereocenters. The van der Waals surface area contributed by atoms with Crippen LogP contribution in [0, 0.1) is 0 Å². The lowest BCUT2D eigenvalue weighted by Crippen LogP contribution is -2.16. The van der Waals surface area contributed by atoms with E-state index in [1.807, 2.05) is 0 Å². The zero-order valence-electron chi connectivity index (χ0n) is 9.07.